The lowest BCUT2D eigenvalue weighted by atomic mass is 10.1. The third kappa shape index (κ3) is 3.79. The quantitative estimate of drug-likeness (QED) is 0.414. The lowest BCUT2D eigenvalue weighted by Crippen LogP contribution is -2.04. The number of anilines is 1. The van der Waals surface area contributed by atoms with E-state index in [1.165, 1.54) is 5.56 Å². The molecule has 3 heterocycles. The summed E-state index contributed by atoms with van der Waals surface area (Å²) in [4.78, 5) is 12.8. The largest absolute Gasteiger partial charge is 0.365 e. The molecule has 0 saturated heterocycles. The van der Waals surface area contributed by atoms with Gasteiger partial charge < -0.3 is 5.32 Å². The van der Waals surface area contributed by atoms with Crippen LogP contribution in [-0.2, 0) is 13.1 Å². The summed E-state index contributed by atoms with van der Waals surface area (Å²) in [6.45, 7) is 1.35. The summed E-state index contributed by atoms with van der Waals surface area (Å²) in [6.07, 6.45) is 6.60. The summed E-state index contributed by atoms with van der Waals surface area (Å²) >= 11 is 3.50. The lowest BCUT2D eigenvalue weighted by Gasteiger charge is -2.08. The molecule has 0 aliphatic carbocycles. The van der Waals surface area contributed by atoms with E-state index in [0.29, 0.717) is 13.1 Å². The number of halogens is 1. The second-order valence-electron chi connectivity index (χ2n) is 6.76. The molecule has 1 N–H and O–H groups in total. The van der Waals surface area contributed by atoms with E-state index in [-0.39, 0.29) is 0 Å². The van der Waals surface area contributed by atoms with E-state index >= 15 is 0 Å². The zero-order chi connectivity index (χ0) is 20.3. The van der Waals surface area contributed by atoms with Crippen molar-refractivity contribution in [1.82, 2.24) is 34.5 Å². The first-order valence-corrected chi connectivity index (χ1v) is 10.1. The molecule has 0 amide bonds. The zero-order valence-corrected chi connectivity index (χ0v) is 17.4. The molecule has 2 aromatic carbocycles. The standard InChI is InChI=1S/C21H17BrN8/c22-17-2-1-3-18(8-17)30-21-19(10-27-30)20(25-13-26-21)24-9-15-4-6-16(7-5-15)11-29-14-23-12-28-29/h1-8,10,12-14H,9,11H2,(H,24,25,26). The van der Waals surface area contributed by atoms with Crippen molar-refractivity contribution in [3.8, 4) is 5.69 Å². The SMILES string of the molecule is Brc1cccc(-n2ncc3c(NCc4ccc(Cn5cncn5)cc4)ncnc32)c1. The molecule has 3 aromatic heterocycles. The van der Waals surface area contributed by atoms with E-state index in [2.05, 4.69) is 70.7 Å². The number of benzene rings is 2. The minimum absolute atomic E-state index is 0.651. The summed E-state index contributed by atoms with van der Waals surface area (Å²) in [5.41, 5.74) is 4.02. The summed E-state index contributed by atoms with van der Waals surface area (Å²) in [6, 6.07) is 16.3. The van der Waals surface area contributed by atoms with Crippen molar-refractivity contribution in [2.45, 2.75) is 13.1 Å². The van der Waals surface area contributed by atoms with Gasteiger partial charge >= 0.3 is 0 Å². The number of nitrogens with zero attached hydrogens (tertiary/aromatic N) is 7. The highest BCUT2D eigenvalue weighted by atomic mass is 79.9. The summed E-state index contributed by atoms with van der Waals surface area (Å²) in [5.74, 6) is 0.757. The average molecular weight is 461 g/mol. The van der Waals surface area contributed by atoms with Crippen LogP contribution in [0.4, 0.5) is 5.82 Å². The maximum atomic E-state index is 4.51. The Labute approximate surface area is 180 Å². The Hall–Kier alpha value is -3.59. The maximum Gasteiger partial charge on any atom is 0.168 e. The average Bonchev–Trinajstić information content (AvgIpc) is 3.43. The fourth-order valence-electron chi connectivity index (χ4n) is 3.23. The first kappa shape index (κ1) is 18.4. The van der Waals surface area contributed by atoms with Crippen LogP contribution in [0.25, 0.3) is 16.7 Å². The highest BCUT2D eigenvalue weighted by molar-refractivity contribution is 9.10. The van der Waals surface area contributed by atoms with E-state index in [9.17, 15) is 0 Å². The molecule has 0 saturated carbocycles. The van der Waals surface area contributed by atoms with Gasteiger partial charge in [0, 0.05) is 11.0 Å². The van der Waals surface area contributed by atoms with Crippen molar-refractivity contribution < 1.29 is 0 Å². The molecular formula is C21H17BrN8. The van der Waals surface area contributed by atoms with Crippen LogP contribution < -0.4 is 5.32 Å². The van der Waals surface area contributed by atoms with Crippen LogP contribution in [0.1, 0.15) is 11.1 Å². The fourth-order valence-corrected chi connectivity index (χ4v) is 3.62. The van der Waals surface area contributed by atoms with E-state index in [1.807, 2.05) is 28.9 Å². The Morgan fingerprint density at radius 2 is 1.80 bits per heavy atom. The number of nitrogens with one attached hydrogen (secondary N) is 1. The summed E-state index contributed by atoms with van der Waals surface area (Å²) in [5, 5.41) is 12.9. The van der Waals surface area contributed by atoms with Gasteiger partial charge in [0.2, 0.25) is 0 Å². The lowest BCUT2D eigenvalue weighted by molar-refractivity contribution is 0.684. The van der Waals surface area contributed by atoms with E-state index in [4.69, 9.17) is 0 Å². The molecule has 0 bridgehead atoms. The summed E-state index contributed by atoms with van der Waals surface area (Å²) < 4.78 is 4.60. The highest BCUT2D eigenvalue weighted by Crippen LogP contribution is 2.23. The summed E-state index contributed by atoms with van der Waals surface area (Å²) in [7, 11) is 0. The molecule has 0 radical (unpaired) electrons. The fraction of sp³-hybridized carbons (Fsp3) is 0.0952. The molecule has 0 unspecified atom stereocenters. The molecule has 9 heteroatoms. The second kappa shape index (κ2) is 8.03. The Kier molecular flexibility index (Phi) is 4.94. The Bertz CT molecular complexity index is 1280. The molecule has 0 spiro atoms. The molecular weight excluding hydrogens is 444 g/mol. The topological polar surface area (TPSA) is 86.3 Å². The minimum atomic E-state index is 0.651. The highest BCUT2D eigenvalue weighted by Gasteiger charge is 2.11. The molecule has 0 aliphatic rings. The van der Waals surface area contributed by atoms with Gasteiger partial charge in [-0.25, -0.2) is 24.3 Å². The van der Waals surface area contributed by atoms with Crippen LogP contribution >= 0.6 is 15.9 Å². The van der Waals surface area contributed by atoms with Crippen molar-refractivity contribution in [2.75, 3.05) is 5.32 Å². The van der Waals surface area contributed by atoms with Gasteiger partial charge in [0.05, 0.1) is 23.8 Å². The number of hydrogen-bond donors (Lipinski definition) is 1. The van der Waals surface area contributed by atoms with Crippen molar-refractivity contribution >= 4 is 32.8 Å². The first-order chi connectivity index (χ1) is 14.8. The Balaban J connectivity index is 1.33. The number of aromatic nitrogens is 7. The molecule has 0 fully saturated rings. The molecule has 8 nitrogen and oxygen atoms in total. The minimum Gasteiger partial charge on any atom is -0.365 e. The smallest absolute Gasteiger partial charge is 0.168 e. The van der Waals surface area contributed by atoms with Crippen molar-refractivity contribution in [2.24, 2.45) is 0 Å². The van der Waals surface area contributed by atoms with Gasteiger partial charge in [-0.2, -0.15) is 10.2 Å². The number of hydrogen-bond acceptors (Lipinski definition) is 6. The zero-order valence-electron chi connectivity index (χ0n) is 15.9. The van der Waals surface area contributed by atoms with Gasteiger partial charge in [0.1, 0.15) is 24.8 Å². The Morgan fingerprint density at radius 1 is 0.933 bits per heavy atom. The third-order valence-electron chi connectivity index (χ3n) is 4.71. The van der Waals surface area contributed by atoms with Crippen LogP contribution in [0.2, 0.25) is 0 Å². The van der Waals surface area contributed by atoms with Crippen LogP contribution in [0.15, 0.2) is 78.2 Å². The van der Waals surface area contributed by atoms with Crippen LogP contribution in [-0.4, -0.2) is 34.5 Å². The Morgan fingerprint density at radius 3 is 2.60 bits per heavy atom. The van der Waals surface area contributed by atoms with Crippen LogP contribution in [0, 0.1) is 0 Å². The van der Waals surface area contributed by atoms with Crippen molar-refractivity contribution in [1.29, 1.82) is 0 Å². The van der Waals surface area contributed by atoms with E-state index in [0.717, 1.165) is 32.6 Å². The number of fused-ring (bicyclic) bond motifs is 1. The van der Waals surface area contributed by atoms with Gasteiger partial charge in [0.25, 0.3) is 0 Å². The molecule has 0 aliphatic heterocycles. The van der Waals surface area contributed by atoms with Gasteiger partial charge in [-0.1, -0.05) is 46.3 Å². The number of rotatable bonds is 6. The second-order valence-corrected chi connectivity index (χ2v) is 7.67. The van der Waals surface area contributed by atoms with Crippen molar-refractivity contribution in [3.05, 3.63) is 89.3 Å². The molecule has 5 aromatic rings. The van der Waals surface area contributed by atoms with Gasteiger partial charge in [-0.05, 0) is 29.3 Å². The maximum absolute atomic E-state index is 4.51. The van der Waals surface area contributed by atoms with Crippen LogP contribution in [0.5, 0.6) is 0 Å². The third-order valence-corrected chi connectivity index (χ3v) is 5.21. The van der Waals surface area contributed by atoms with E-state index < -0.39 is 0 Å². The van der Waals surface area contributed by atoms with E-state index in [1.54, 1.807) is 29.9 Å². The van der Waals surface area contributed by atoms with Gasteiger partial charge in [-0.3, -0.25) is 0 Å². The van der Waals surface area contributed by atoms with Gasteiger partial charge in [0.15, 0.2) is 5.65 Å². The van der Waals surface area contributed by atoms with Crippen molar-refractivity contribution in [3.63, 3.8) is 0 Å². The van der Waals surface area contributed by atoms with Crippen LogP contribution in [0.3, 0.4) is 0 Å². The molecule has 30 heavy (non-hydrogen) atoms. The molecule has 0 atom stereocenters. The molecule has 5 rings (SSSR count). The molecule has 148 valence electrons. The monoisotopic (exact) mass is 460 g/mol. The predicted octanol–water partition coefficient (Wildman–Crippen LogP) is 3.83. The predicted molar refractivity (Wildman–Crippen MR) is 117 cm³/mol. The van der Waals surface area contributed by atoms with Gasteiger partial charge in [-0.15, -0.1) is 0 Å². The normalized spacial score (nSPS) is 11.1. The first-order valence-electron chi connectivity index (χ1n) is 9.35.